The predicted molar refractivity (Wildman–Crippen MR) is 79.7 cm³/mol. The zero-order chi connectivity index (χ0) is 16.7. The van der Waals surface area contributed by atoms with E-state index in [1.165, 1.54) is 24.5 Å². The van der Waals surface area contributed by atoms with Crippen LogP contribution in [0.2, 0.25) is 0 Å². The minimum Gasteiger partial charge on any atom is -0.469 e. The zero-order valence-corrected chi connectivity index (χ0v) is 12.1. The monoisotopic (exact) mass is 318 g/mol. The van der Waals surface area contributed by atoms with Gasteiger partial charge in [-0.15, -0.1) is 0 Å². The second-order valence-electron chi connectivity index (χ2n) is 4.56. The van der Waals surface area contributed by atoms with Gasteiger partial charge < -0.3 is 14.5 Å². The molecule has 0 saturated heterocycles. The Bertz CT molecular complexity index is 696. The third-order valence-electron chi connectivity index (χ3n) is 2.89. The van der Waals surface area contributed by atoms with Gasteiger partial charge in [0.05, 0.1) is 17.6 Å². The Balaban J connectivity index is 1.79. The van der Waals surface area contributed by atoms with Gasteiger partial charge in [0.2, 0.25) is 0 Å². The Hall–Kier alpha value is -3.16. The maximum Gasteiger partial charge on any atom is 0.306 e. The van der Waals surface area contributed by atoms with Crippen LogP contribution in [0.15, 0.2) is 47.1 Å². The zero-order valence-electron chi connectivity index (χ0n) is 12.1. The fourth-order valence-corrected chi connectivity index (χ4v) is 1.82. The summed E-state index contributed by atoms with van der Waals surface area (Å²) in [5.41, 5.74) is -0.181. The van der Waals surface area contributed by atoms with Crippen LogP contribution in [0, 0.1) is 10.1 Å². The van der Waals surface area contributed by atoms with Gasteiger partial charge in [-0.2, -0.15) is 0 Å². The molecule has 0 aliphatic rings. The van der Waals surface area contributed by atoms with E-state index in [2.05, 4.69) is 5.32 Å². The van der Waals surface area contributed by atoms with E-state index in [4.69, 9.17) is 9.15 Å². The number of carbonyl (C=O) groups excluding carboxylic acids is 2. The summed E-state index contributed by atoms with van der Waals surface area (Å²) in [4.78, 5) is 33.4. The maximum atomic E-state index is 11.7. The molecule has 0 saturated carbocycles. The van der Waals surface area contributed by atoms with Gasteiger partial charge in [-0.25, -0.2) is 0 Å². The van der Waals surface area contributed by atoms with E-state index in [0.29, 0.717) is 12.2 Å². The van der Waals surface area contributed by atoms with Gasteiger partial charge >= 0.3 is 5.97 Å². The van der Waals surface area contributed by atoms with Crippen molar-refractivity contribution in [3.63, 3.8) is 0 Å². The van der Waals surface area contributed by atoms with E-state index >= 15 is 0 Å². The number of hydrogen-bond donors (Lipinski definition) is 1. The van der Waals surface area contributed by atoms with Crippen LogP contribution < -0.4 is 5.32 Å². The maximum absolute atomic E-state index is 11.7. The fourth-order valence-electron chi connectivity index (χ4n) is 1.82. The molecule has 0 spiro atoms. The summed E-state index contributed by atoms with van der Waals surface area (Å²) in [6.07, 6.45) is 1.95. The largest absolute Gasteiger partial charge is 0.469 e. The highest BCUT2D eigenvalue weighted by Gasteiger charge is 2.15. The van der Waals surface area contributed by atoms with Crippen molar-refractivity contribution in [2.75, 3.05) is 11.9 Å². The van der Waals surface area contributed by atoms with Crippen molar-refractivity contribution in [3.05, 3.63) is 58.5 Å². The Morgan fingerprint density at radius 2 is 2.00 bits per heavy atom. The number of nitro benzene ring substituents is 1. The number of esters is 1. The van der Waals surface area contributed by atoms with E-state index in [1.807, 2.05) is 0 Å². The molecule has 0 aliphatic heterocycles. The third kappa shape index (κ3) is 4.95. The van der Waals surface area contributed by atoms with Crippen LogP contribution in [0.4, 0.5) is 11.4 Å². The van der Waals surface area contributed by atoms with E-state index in [-0.39, 0.29) is 17.8 Å². The predicted octanol–water partition coefficient (Wildman–Crippen LogP) is 2.30. The van der Waals surface area contributed by atoms with Gasteiger partial charge in [0.15, 0.2) is 6.61 Å². The molecule has 0 atom stereocenters. The molecule has 0 radical (unpaired) electrons. The first-order valence-electron chi connectivity index (χ1n) is 6.77. The first-order valence-corrected chi connectivity index (χ1v) is 6.77. The van der Waals surface area contributed by atoms with Crippen molar-refractivity contribution in [1.82, 2.24) is 0 Å². The number of rotatable bonds is 7. The lowest BCUT2D eigenvalue weighted by atomic mass is 10.2. The number of aryl methyl sites for hydroxylation is 1. The van der Waals surface area contributed by atoms with Gasteiger partial charge in [-0.3, -0.25) is 19.7 Å². The highest BCUT2D eigenvalue weighted by molar-refractivity contribution is 5.94. The number of nitro groups is 1. The lowest BCUT2D eigenvalue weighted by molar-refractivity contribution is -0.383. The van der Waals surface area contributed by atoms with Crippen molar-refractivity contribution in [2.45, 2.75) is 12.8 Å². The second kappa shape index (κ2) is 7.74. The Labute approximate surface area is 131 Å². The quantitative estimate of drug-likeness (QED) is 0.476. The van der Waals surface area contributed by atoms with Crippen LogP contribution in [0.5, 0.6) is 0 Å². The van der Waals surface area contributed by atoms with Crippen LogP contribution in [0.25, 0.3) is 0 Å². The van der Waals surface area contributed by atoms with E-state index in [9.17, 15) is 19.7 Å². The van der Waals surface area contributed by atoms with E-state index in [1.54, 1.807) is 18.2 Å². The van der Waals surface area contributed by atoms with Crippen molar-refractivity contribution in [2.24, 2.45) is 0 Å². The number of carbonyl (C=O) groups is 2. The van der Waals surface area contributed by atoms with Gasteiger partial charge in [-0.1, -0.05) is 12.1 Å². The smallest absolute Gasteiger partial charge is 0.306 e. The van der Waals surface area contributed by atoms with Gasteiger partial charge in [0.25, 0.3) is 11.6 Å². The summed E-state index contributed by atoms with van der Waals surface area (Å²) >= 11 is 0. The van der Waals surface area contributed by atoms with E-state index in [0.717, 1.165) is 0 Å². The molecule has 120 valence electrons. The van der Waals surface area contributed by atoms with Gasteiger partial charge in [-0.05, 0) is 18.2 Å². The standard InChI is InChI=1S/C15H14N2O6/c18-14(16-12-5-1-2-6-13(12)17(20)21)10-23-15(19)8-7-11-4-3-9-22-11/h1-6,9H,7-8,10H2,(H,16,18). The number of nitrogens with one attached hydrogen (secondary N) is 1. The average Bonchev–Trinajstić information content (AvgIpc) is 3.04. The number of anilines is 1. The first-order chi connectivity index (χ1) is 11.1. The fraction of sp³-hybridized carbons (Fsp3) is 0.200. The number of nitrogens with zero attached hydrogens (tertiary/aromatic N) is 1. The van der Waals surface area contributed by atoms with Crippen LogP contribution in [-0.4, -0.2) is 23.4 Å². The number of furan rings is 1. The lowest BCUT2D eigenvalue weighted by Gasteiger charge is -2.06. The Kier molecular flexibility index (Phi) is 5.45. The topological polar surface area (TPSA) is 112 Å². The van der Waals surface area contributed by atoms with Crippen molar-refractivity contribution in [1.29, 1.82) is 0 Å². The molecule has 1 heterocycles. The molecular weight excluding hydrogens is 304 g/mol. The number of benzene rings is 1. The molecule has 1 N–H and O–H groups in total. The molecule has 23 heavy (non-hydrogen) atoms. The molecule has 0 bridgehead atoms. The molecule has 0 aliphatic carbocycles. The molecule has 8 heteroatoms. The summed E-state index contributed by atoms with van der Waals surface area (Å²) in [7, 11) is 0. The minimum absolute atomic E-state index is 0.0501. The van der Waals surface area contributed by atoms with Crippen LogP contribution in [-0.2, 0) is 20.7 Å². The molecule has 2 aromatic rings. The van der Waals surface area contributed by atoms with Crippen molar-refractivity contribution < 1.29 is 23.7 Å². The summed E-state index contributed by atoms with van der Waals surface area (Å²) in [5, 5.41) is 13.2. The van der Waals surface area contributed by atoms with Crippen molar-refractivity contribution in [3.8, 4) is 0 Å². The van der Waals surface area contributed by atoms with Crippen LogP contribution in [0.1, 0.15) is 12.2 Å². The molecule has 0 fully saturated rings. The summed E-state index contributed by atoms with van der Waals surface area (Å²) < 4.78 is 9.89. The number of hydrogen-bond acceptors (Lipinski definition) is 6. The number of amides is 1. The van der Waals surface area contributed by atoms with Crippen molar-refractivity contribution >= 4 is 23.3 Å². The summed E-state index contributed by atoms with van der Waals surface area (Å²) in [6.45, 7) is -0.511. The average molecular weight is 318 g/mol. The minimum atomic E-state index is -0.648. The summed E-state index contributed by atoms with van der Waals surface area (Å²) in [5.74, 6) is -0.559. The Morgan fingerprint density at radius 1 is 1.22 bits per heavy atom. The molecule has 0 unspecified atom stereocenters. The summed E-state index contributed by atoms with van der Waals surface area (Å²) in [6, 6.07) is 9.15. The molecule has 1 amide bonds. The van der Waals surface area contributed by atoms with Gasteiger partial charge in [0.1, 0.15) is 11.4 Å². The molecule has 8 nitrogen and oxygen atoms in total. The number of ether oxygens (including phenoxy) is 1. The first kappa shape index (κ1) is 16.2. The van der Waals surface area contributed by atoms with Gasteiger partial charge in [0, 0.05) is 12.5 Å². The highest BCUT2D eigenvalue weighted by Crippen LogP contribution is 2.22. The normalized spacial score (nSPS) is 10.1. The van der Waals surface area contributed by atoms with Crippen LogP contribution >= 0.6 is 0 Å². The molecule has 2 rings (SSSR count). The molecular formula is C15H14N2O6. The molecule has 1 aromatic carbocycles. The number of para-hydroxylation sites is 2. The lowest BCUT2D eigenvalue weighted by Crippen LogP contribution is -2.21. The SMILES string of the molecule is O=C(COC(=O)CCc1ccco1)Nc1ccccc1[N+](=O)[O-]. The highest BCUT2D eigenvalue weighted by atomic mass is 16.6. The molecule has 1 aromatic heterocycles. The second-order valence-corrected chi connectivity index (χ2v) is 4.56. The Morgan fingerprint density at radius 3 is 2.70 bits per heavy atom. The third-order valence-corrected chi connectivity index (χ3v) is 2.89. The van der Waals surface area contributed by atoms with Crippen LogP contribution in [0.3, 0.4) is 0 Å². The van der Waals surface area contributed by atoms with E-state index < -0.39 is 23.4 Å².